The first-order valence-corrected chi connectivity index (χ1v) is 46.2. The molecule has 35 N–H and O–H groups in total. The number of aliphatic hydroxyl groups is 2. The Bertz CT molecular complexity index is 4430. The maximum Gasteiger partial charge on any atom is 0.326 e. The van der Waals surface area contributed by atoms with Gasteiger partial charge >= 0.3 is 17.9 Å². The minimum absolute atomic E-state index is 0.0850. The Morgan fingerprint density at radius 2 is 0.727 bits per heavy atom. The lowest BCUT2D eigenvalue weighted by molar-refractivity contribution is -0.144. The fourth-order valence-corrected chi connectivity index (χ4v) is 13.6. The van der Waals surface area contributed by atoms with Gasteiger partial charge in [0, 0.05) is 19.3 Å². The highest BCUT2D eigenvalue weighted by molar-refractivity contribution is 7.98. The van der Waals surface area contributed by atoms with Crippen molar-refractivity contribution < 1.29 is 146 Å². The van der Waals surface area contributed by atoms with Gasteiger partial charge in [0.1, 0.15) is 102 Å². The van der Waals surface area contributed by atoms with Crippen LogP contribution in [-0.4, -0.2) is 313 Å². The molecule has 0 aromatic heterocycles. The number of amides is 21. The summed E-state index contributed by atoms with van der Waals surface area (Å²) < 4.78 is 0. The number of hydrogen-bond donors (Lipinski definition) is 29. The molecule has 19 atom stereocenters. The number of thioether (sulfide) groups is 1. The summed E-state index contributed by atoms with van der Waals surface area (Å²) in [6.07, 6.45) is -7.09. The molecule has 139 heavy (non-hydrogen) atoms. The predicted molar refractivity (Wildman–Crippen MR) is 494 cm³/mol. The summed E-state index contributed by atoms with van der Waals surface area (Å²) in [6, 6.07) is -24.3. The fraction of sp³-hybridized carbons (Fsp3) is 0.647. The van der Waals surface area contributed by atoms with Crippen LogP contribution in [0.15, 0.2) is 24.3 Å². The number of aromatic hydroxyl groups is 1. The van der Waals surface area contributed by atoms with Gasteiger partial charge in [-0.05, 0) is 138 Å². The first-order chi connectivity index (χ1) is 64.9. The van der Waals surface area contributed by atoms with E-state index in [1.54, 1.807) is 54.7 Å². The minimum atomic E-state index is -2.21. The van der Waals surface area contributed by atoms with Gasteiger partial charge in [0.05, 0.1) is 51.0 Å². The van der Waals surface area contributed by atoms with Crippen molar-refractivity contribution >= 4 is 154 Å². The quantitative estimate of drug-likeness (QED) is 0.0269. The predicted octanol–water partition coefficient (Wildman–Crippen LogP) is -10.1. The lowest BCUT2D eigenvalue weighted by atomic mass is 9.97. The van der Waals surface area contributed by atoms with E-state index in [-0.39, 0.29) is 81.1 Å². The standard InChI is InChI=1S/C85H139N23O30S/c1-13-41(8)67(83(135)97-49(21-23-60(88)112)73(125)103-56(33-62(90)114)79(131)100-52(29-39(4)5)77(129)105-58(85(137)138)34-63(91)115)107-64(116)36-92-72(124)48(16-14-15-26-86)96-84(136)68(44(11)110)108-81(133)53(30-40(6)7)101-82(134)59(37-109)106-70(122)43(10)94-76(128)54(31-45-17-19-46(111)20-18-45)102-80(132)57(35-66(119)120)104-74(126)50(22-24-65(117)118)95-78(130)55(32-61(89)113)98-69(121)42(9)93-75(127)51(28-38(2)3)99-71(123)47(87)25-27-139-12/h17-20,38-44,47-59,67-68,109-111H,13-16,21-37,86-87H2,1-12H3,(H2,88,112)(H2,89,113)(H2,90,114)(H2,91,115)(H,92,124)(H,93,127)(H,94,128)(H,95,130)(H,96,136)(H,97,135)(H,98,121)(H,99,123)(H,100,131)(H,101,134)(H,102,132)(H,103,125)(H,104,126)(H,105,129)(H,106,122)(H,107,116)(H,108,133)(H,117,118)(H,119,120)(H,137,138)/t41-,42-,43-,44+,47-,48-,49-,50-,51-,52-,53-,54-,55-,56-,57-,58-,59-,67-,68-/m0/s1. The van der Waals surface area contributed by atoms with Gasteiger partial charge in [0.25, 0.3) is 0 Å². The van der Waals surface area contributed by atoms with Gasteiger partial charge in [-0.1, -0.05) is 73.9 Å². The third kappa shape index (κ3) is 48.4. The van der Waals surface area contributed by atoms with Crippen LogP contribution in [0.3, 0.4) is 0 Å². The number of carbonyl (C=O) groups excluding carboxylic acids is 21. The first kappa shape index (κ1) is 123. The number of carbonyl (C=O) groups is 24. The molecule has 780 valence electrons. The van der Waals surface area contributed by atoms with E-state index in [0.717, 1.165) is 13.8 Å². The van der Waals surface area contributed by atoms with Crippen molar-refractivity contribution in [1.29, 1.82) is 0 Å². The van der Waals surface area contributed by atoms with Crippen molar-refractivity contribution in [3.05, 3.63) is 29.8 Å². The molecule has 54 heteroatoms. The van der Waals surface area contributed by atoms with Gasteiger partial charge in [-0.3, -0.25) is 110 Å². The lowest BCUT2D eigenvalue weighted by Crippen LogP contribution is -2.62. The maximum absolute atomic E-state index is 14.4. The maximum atomic E-state index is 14.4. The molecule has 0 heterocycles. The van der Waals surface area contributed by atoms with Crippen LogP contribution in [0.4, 0.5) is 0 Å². The molecule has 0 aliphatic rings. The molecule has 0 aliphatic heterocycles. The van der Waals surface area contributed by atoms with E-state index in [2.05, 4.69) is 90.4 Å². The number of phenols is 1. The first-order valence-electron chi connectivity index (χ1n) is 44.8. The average Bonchev–Trinajstić information content (AvgIpc) is 0.852. The van der Waals surface area contributed by atoms with Crippen molar-refractivity contribution in [1.82, 2.24) is 90.4 Å². The summed E-state index contributed by atoms with van der Waals surface area (Å²) >= 11 is 1.43. The monoisotopic (exact) mass is 1990 g/mol. The molecule has 53 nitrogen and oxygen atoms in total. The second-order valence-corrected chi connectivity index (χ2v) is 35.6. The number of phenolic OH excluding ortho intramolecular Hbond substituents is 1. The molecule has 0 fully saturated rings. The van der Waals surface area contributed by atoms with Crippen LogP contribution in [0.25, 0.3) is 0 Å². The smallest absolute Gasteiger partial charge is 0.326 e. The van der Waals surface area contributed by atoms with E-state index in [1.807, 2.05) is 0 Å². The largest absolute Gasteiger partial charge is 0.508 e. The number of aliphatic hydroxyl groups excluding tert-OH is 2. The minimum Gasteiger partial charge on any atom is -0.508 e. The van der Waals surface area contributed by atoms with Gasteiger partial charge in [0.15, 0.2) is 0 Å². The van der Waals surface area contributed by atoms with E-state index in [4.69, 9.17) is 34.4 Å². The molecule has 0 saturated heterocycles. The van der Waals surface area contributed by atoms with Crippen LogP contribution in [0.5, 0.6) is 5.75 Å². The molecular formula is C85H139N23O30S. The third-order valence-corrected chi connectivity index (χ3v) is 21.5. The Hall–Kier alpha value is -13.5. The number of nitrogens with two attached hydrogens (primary N) is 6. The van der Waals surface area contributed by atoms with Crippen LogP contribution in [-0.2, 0) is 121 Å². The summed E-state index contributed by atoms with van der Waals surface area (Å²) in [5.74, 6) is -30.6. The van der Waals surface area contributed by atoms with Crippen LogP contribution >= 0.6 is 11.8 Å². The normalized spacial score (nSPS) is 15.2. The number of aliphatic carboxylic acids is 3. The summed E-state index contributed by atoms with van der Waals surface area (Å²) in [4.78, 5) is 321. The average molecular weight is 2000 g/mol. The highest BCUT2D eigenvalue weighted by atomic mass is 32.2. The van der Waals surface area contributed by atoms with Crippen molar-refractivity contribution in [3.8, 4) is 5.75 Å². The molecule has 0 saturated carbocycles. The molecule has 0 radical (unpaired) electrons. The Morgan fingerprint density at radius 3 is 1.14 bits per heavy atom. The zero-order valence-electron chi connectivity index (χ0n) is 79.7. The van der Waals surface area contributed by atoms with E-state index in [1.165, 1.54) is 49.9 Å². The van der Waals surface area contributed by atoms with Crippen LogP contribution in [0.2, 0.25) is 0 Å². The lowest BCUT2D eigenvalue weighted by Gasteiger charge is -2.29. The van der Waals surface area contributed by atoms with Gasteiger partial charge < -0.3 is 155 Å². The molecule has 1 aromatic rings. The number of unbranched alkanes of at least 4 members (excludes halogenated alkanes) is 1. The Morgan fingerprint density at radius 1 is 0.367 bits per heavy atom. The number of primary amides is 4. The second kappa shape index (κ2) is 63.1. The number of carboxylic acids is 3. The number of hydrogen-bond acceptors (Lipinski definition) is 30. The van der Waals surface area contributed by atoms with Gasteiger partial charge in [0.2, 0.25) is 124 Å². The summed E-state index contributed by atoms with van der Waals surface area (Å²) in [7, 11) is 0. The molecule has 0 spiro atoms. The van der Waals surface area contributed by atoms with E-state index >= 15 is 0 Å². The number of carboxylic acid groups (broad SMARTS) is 3. The van der Waals surface area contributed by atoms with Crippen molar-refractivity contribution in [3.63, 3.8) is 0 Å². The highest BCUT2D eigenvalue weighted by Gasteiger charge is 2.41. The van der Waals surface area contributed by atoms with Crippen LogP contribution < -0.4 is 125 Å². The SMILES string of the molecule is CC[C@H](C)[C@H](NC(=O)CNC(=O)[C@H](CCCCN)NC(=O)[C@@H](NC(=O)[C@H](CC(C)C)NC(=O)[C@H](CO)NC(=O)[C@H](C)NC(=O)[C@H](Cc1ccc(O)cc1)NC(=O)[C@H](CC(=O)O)NC(=O)[C@H](CCC(=O)O)NC(=O)[C@H](CC(N)=O)NC(=O)[C@H](C)NC(=O)[C@H](CC(C)C)NC(=O)[C@@H](N)CCSC)[C@@H](C)O)C(=O)N[C@@H](CCC(N)=O)C(=O)N[C@@H](CC(N)=O)C(=O)N[C@@H](CC(C)C)C(=O)N[C@@H](CC(N)=O)C(=O)O. The molecule has 1 rings (SSSR count). The number of benzene rings is 1. The summed E-state index contributed by atoms with van der Waals surface area (Å²) in [5, 5.41) is 100. The van der Waals surface area contributed by atoms with Crippen molar-refractivity contribution in [2.75, 3.05) is 31.7 Å². The second-order valence-electron chi connectivity index (χ2n) is 34.6. The third-order valence-electron chi connectivity index (χ3n) is 20.9. The molecule has 0 unspecified atom stereocenters. The topological polar surface area (TPSA) is 892 Å². The number of rotatable bonds is 68. The molecule has 0 bridgehead atoms. The van der Waals surface area contributed by atoms with Crippen LogP contribution in [0, 0.1) is 23.7 Å². The van der Waals surface area contributed by atoms with Gasteiger partial charge in [-0.2, -0.15) is 11.8 Å². The van der Waals surface area contributed by atoms with Gasteiger partial charge in [-0.25, -0.2) is 4.79 Å². The van der Waals surface area contributed by atoms with Gasteiger partial charge in [-0.15, -0.1) is 0 Å². The fourth-order valence-electron chi connectivity index (χ4n) is 13.2. The van der Waals surface area contributed by atoms with Crippen molar-refractivity contribution in [2.45, 2.75) is 294 Å². The van der Waals surface area contributed by atoms with E-state index in [9.17, 15) is 146 Å². The molecule has 1 aromatic carbocycles. The summed E-state index contributed by atoms with van der Waals surface area (Å²) in [6.45, 7) is 14.3. The molecular weight excluding hydrogens is 1860 g/mol. The van der Waals surface area contributed by atoms with E-state index < -0.39 is 334 Å². The highest BCUT2D eigenvalue weighted by Crippen LogP contribution is 2.18. The zero-order chi connectivity index (χ0) is 106. The van der Waals surface area contributed by atoms with E-state index in [0.29, 0.717) is 5.75 Å². The van der Waals surface area contributed by atoms with Crippen molar-refractivity contribution in [2.24, 2.45) is 58.1 Å². The zero-order valence-corrected chi connectivity index (χ0v) is 80.5. The molecule has 21 amide bonds. The Kier molecular flexibility index (Phi) is 56.0. The Labute approximate surface area is 805 Å². The number of nitrogens with one attached hydrogen (secondary N) is 17. The molecule has 0 aliphatic carbocycles. The van der Waals surface area contributed by atoms with Crippen LogP contribution in [0.1, 0.15) is 184 Å². The Balaban J connectivity index is 3.57. The summed E-state index contributed by atoms with van der Waals surface area (Å²) in [5.41, 5.74) is 33.3.